The lowest BCUT2D eigenvalue weighted by Crippen LogP contribution is -2.25. The van der Waals surface area contributed by atoms with Crippen molar-refractivity contribution in [2.45, 2.75) is 112 Å². The number of aromatic amines is 2. The molecule has 64 heavy (non-hydrogen) atoms. The van der Waals surface area contributed by atoms with Crippen LogP contribution >= 0.6 is 15.9 Å². The molecule has 6 rings (SSSR count). The number of rotatable bonds is 5. The summed E-state index contributed by atoms with van der Waals surface area (Å²) in [6, 6.07) is 14.6. The molecule has 0 unspecified atom stereocenters. The number of nitrogens with one attached hydrogen (secondary N) is 4. The van der Waals surface area contributed by atoms with Gasteiger partial charge in [0.1, 0.15) is 28.0 Å². The molecule has 0 radical (unpaired) electrons. The van der Waals surface area contributed by atoms with Crippen molar-refractivity contribution in [3.8, 4) is 11.5 Å². The fraction of sp³-hybridized carbons (Fsp3) is 0.347. The largest absolute Gasteiger partial charge is 0.508 e. The Morgan fingerprint density at radius 3 is 1.50 bits per heavy atom. The Balaban J connectivity index is 0.000000277. The van der Waals surface area contributed by atoms with Crippen LogP contribution < -0.4 is 27.2 Å². The minimum absolute atomic E-state index is 0. The number of phenolic OH excluding ortho intramolecular Hbond substituents is 2. The highest BCUT2D eigenvalue weighted by molar-refractivity contribution is 9.10. The molecule has 0 atom stereocenters. The van der Waals surface area contributed by atoms with Crippen molar-refractivity contribution in [3.05, 3.63) is 135 Å². The number of non-ortho nitro benzene ring substituents is 1. The van der Waals surface area contributed by atoms with Crippen molar-refractivity contribution in [1.29, 1.82) is 0 Å². The Morgan fingerprint density at radius 1 is 0.656 bits per heavy atom. The van der Waals surface area contributed by atoms with Crippen LogP contribution in [0.1, 0.15) is 133 Å². The minimum Gasteiger partial charge on any atom is -0.508 e. The third-order valence-electron chi connectivity index (χ3n) is 10.6. The molecule has 0 bridgehead atoms. The van der Waals surface area contributed by atoms with E-state index in [0.29, 0.717) is 27.1 Å². The molecule has 0 aliphatic rings. The molecule has 0 spiro atoms. The number of benzene rings is 4. The molecule has 340 valence electrons. The fourth-order valence-electron chi connectivity index (χ4n) is 7.27. The second-order valence-corrected chi connectivity index (χ2v) is 20.5. The van der Waals surface area contributed by atoms with Crippen LogP contribution in [0, 0.1) is 10.1 Å². The van der Waals surface area contributed by atoms with Crippen molar-refractivity contribution in [3.63, 3.8) is 0 Å². The third-order valence-corrected chi connectivity index (χ3v) is 11.3. The highest BCUT2D eigenvalue weighted by atomic mass is 79.9. The van der Waals surface area contributed by atoms with Gasteiger partial charge in [0.15, 0.2) is 0 Å². The molecule has 2 heterocycles. The predicted octanol–water partition coefficient (Wildman–Crippen LogP) is 11.1. The molecule has 2 aromatic heterocycles. The zero-order valence-corrected chi connectivity index (χ0v) is 39.2. The molecule has 0 aliphatic carbocycles. The first kappa shape index (κ1) is 50.2. The highest BCUT2D eigenvalue weighted by Crippen LogP contribution is 2.41. The lowest BCUT2D eigenvalue weighted by atomic mass is 9.79. The summed E-state index contributed by atoms with van der Waals surface area (Å²) in [6.07, 6.45) is 2.62. The van der Waals surface area contributed by atoms with E-state index in [9.17, 15) is 39.5 Å². The zero-order valence-electron chi connectivity index (χ0n) is 37.6. The van der Waals surface area contributed by atoms with Crippen molar-refractivity contribution in [2.24, 2.45) is 0 Å². The van der Waals surface area contributed by atoms with Crippen LogP contribution in [0.3, 0.4) is 0 Å². The van der Waals surface area contributed by atoms with E-state index < -0.39 is 33.3 Å². The number of hydrogen-bond donors (Lipinski definition) is 7. The summed E-state index contributed by atoms with van der Waals surface area (Å²) in [5, 5.41) is 38.3. The number of H-pyrrole nitrogens is 2. The summed E-state index contributed by atoms with van der Waals surface area (Å²) in [5.74, 6) is -1.17. The van der Waals surface area contributed by atoms with E-state index in [1.807, 2.05) is 95.2 Å². The van der Waals surface area contributed by atoms with Crippen molar-refractivity contribution < 1.29 is 24.7 Å². The van der Waals surface area contributed by atoms with Crippen LogP contribution in [0.4, 0.5) is 22.7 Å². The minimum atomic E-state index is -0.762. The van der Waals surface area contributed by atoms with Gasteiger partial charge in [0.25, 0.3) is 17.5 Å². The van der Waals surface area contributed by atoms with Gasteiger partial charge in [-0.15, -0.1) is 0 Å². The molecule has 6 aromatic rings. The van der Waals surface area contributed by atoms with E-state index in [4.69, 9.17) is 5.73 Å². The normalized spacial score (nSPS) is 12.0. The first-order valence-corrected chi connectivity index (χ1v) is 21.0. The van der Waals surface area contributed by atoms with Gasteiger partial charge in [-0.2, -0.15) is 0 Å². The van der Waals surface area contributed by atoms with Gasteiger partial charge in [0.05, 0.1) is 21.3 Å². The molecular weight excluding hydrogens is 880 g/mol. The van der Waals surface area contributed by atoms with E-state index in [-0.39, 0.29) is 68.0 Å². The van der Waals surface area contributed by atoms with Gasteiger partial charge in [0.2, 0.25) is 10.9 Å². The van der Waals surface area contributed by atoms with Crippen molar-refractivity contribution in [1.82, 2.24) is 9.97 Å². The standard InChI is InChI=1S/C24H26BrN3O5.C24H29N3O3.CH4/c1-23(2,3)13-9-14(24(4,5)6)18(29)10-16(13)27-22(31)12-11-26-20-15(25)7-8-17(28(32)33)19(20)21(12)30;1-23(2,3)14-10-15(24(4,5)6)19(28)11-18(14)27-22(30)13-12-26-17-9-7-8-16(25)20(17)21(13)29;/h7-11,29H,1-6H3,(H,26,30)(H,27,31);7-12,28H,25H2,1-6H3,(H,26,29)(H,27,30);1H4. The van der Waals surface area contributed by atoms with Gasteiger partial charge < -0.3 is 36.5 Å². The van der Waals surface area contributed by atoms with Gasteiger partial charge in [0, 0.05) is 52.1 Å². The number of aromatic nitrogens is 2. The summed E-state index contributed by atoms with van der Waals surface area (Å²) in [4.78, 5) is 68.7. The Hall–Kier alpha value is -6.48. The molecule has 0 fully saturated rings. The maximum atomic E-state index is 13.1. The Bertz CT molecular complexity index is 2940. The van der Waals surface area contributed by atoms with Crippen LogP contribution in [-0.4, -0.2) is 36.9 Å². The van der Waals surface area contributed by atoms with E-state index in [1.54, 1.807) is 24.3 Å². The summed E-state index contributed by atoms with van der Waals surface area (Å²) < 4.78 is 0.463. The number of carbonyl (C=O) groups is 2. The number of carbonyl (C=O) groups excluding carboxylic acids is 2. The number of fused-ring (bicyclic) bond motifs is 2. The number of nitro groups is 1. The number of nitro benzene ring substituents is 1. The molecular formula is C49H59BrN6O8. The Labute approximate surface area is 381 Å². The number of nitrogens with zero attached hydrogens (tertiary/aromatic N) is 1. The number of nitrogen functional groups attached to an aromatic ring is 1. The number of phenols is 2. The lowest BCUT2D eigenvalue weighted by Gasteiger charge is -2.28. The fourth-order valence-corrected chi connectivity index (χ4v) is 7.72. The summed E-state index contributed by atoms with van der Waals surface area (Å²) in [7, 11) is 0. The average Bonchev–Trinajstić information content (AvgIpc) is 3.13. The number of halogens is 1. The first-order valence-electron chi connectivity index (χ1n) is 20.2. The number of amides is 2. The second-order valence-electron chi connectivity index (χ2n) is 19.6. The van der Waals surface area contributed by atoms with E-state index >= 15 is 0 Å². The van der Waals surface area contributed by atoms with Crippen LogP contribution in [0.5, 0.6) is 11.5 Å². The Morgan fingerprint density at radius 2 is 1.08 bits per heavy atom. The monoisotopic (exact) mass is 938 g/mol. The lowest BCUT2D eigenvalue weighted by molar-refractivity contribution is -0.383. The molecule has 0 saturated carbocycles. The number of hydrogen-bond acceptors (Lipinski definition) is 9. The number of nitrogens with two attached hydrogens (primary N) is 1. The van der Waals surface area contributed by atoms with Gasteiger partial charge >= 0.3 is 0 Å². The van der Waals surface area contributed by atoms with Gasteiger partial charge in [-0.1, -0.05) is 96.6 Å². The topological polar surface area (TPSA) is 234 Å². The van der Waals surface area contributed by atoms with Gasteiger partial charge in [-0.25, -0.2) is 0 Å². The number of anilines is 3. The SMILES string of the molecule is C.CC(C)(C)c1cc(C(C)(C)C)c(NC(=O)c2c[nH]c3c(Br)ccc([N+](=O)[O-])c3c2=O)cc1O.CC(C)(C)c1cc(C(C)(C)C)c(NC(=O)c2c[nH]c3cccc(N)c3c2=O)cc1O. The van der Waals surface area contributed by atoms with E-state index in [2.05, 4.69) is 36.5 Å². The smallest absolute Gasteiger partial charge is 0.282 e. The van der Waals surface area contributed by atoms with Gasteiger partial charge in [-0.3, -0.25) is 29.3 Å². The average molecular weight is 940 g/mol. The molecule has 8 N–H and O–H groups in total. The first-order chi connectivity index (χ1) is 28.9. The number of pyridine rings is 2. The number of aromatic hydroxyl groups is 2. The van der Waals surface area contributed by atoms with E-state index in [1.165, 1.54) is 30.6 Å². The Kier molecular flexibility index (Phi) is 14.1. The zero-order chi connectivity index (χ0) is 47.3. The van der Waals surface area contributed by atoms with Crippen molar-refractivity contribution in [2.75, 3.05) is 16.4 Å². The van der Waals surface area contributed by atoms with Gasteiger partial charge in [-0.05, 0) is 90.2 Å². The molecule has 0 saturated heterocycles. The van der Waals surface area contributed by atoms with Crippen LogP contribution in [0.2, 0.25) is 0 Å². The highest BCUT2D eigenvalue weighted by Gasteiger charge is 2.29. The van der Waals surface area contributed by atoms with Crippen LogP contribution in [-0.2, 0) is 21.7 Å². The quantitative estimate of drug-likeness (QED) is 0.0494. The summed E-state index contributed by atoms with van der Waals surface area (Å²) >= 11 is 3.27. The molecule has 14 nitrogen and oxygen atoms in total. The maximum absolute atomic E-state index is 13.1. The molecule has 15 heteroatoms. The summed E-state index contributed by atoms with van der Waals surface area (Å²) in [5.41, 5.74) is 7.90. The molecule has 0 aliphatic heterocycles. The van der Waals surface area contributed by atoms with E-state index in [0.717, 1.165) is 22.3 Å². The molecule has 4 aromatic carbocycles. The maximum Gasteiger partial charge on any atom is 0.282 e. The second kappa shape index (κ2) is 17.9. The third kappa shape index (κ3) is 10.3. The predicted molar refractivity (Wildman–Crippen MR) is 262 cm³/mol. The summed E-state index contributed by atoms with van der Waals surface area (Å²) in [6.45, 7) is 24.0. The van der Waals surface area contributed by atoms with Crippen LogP contribution in [0.25, 0.3) is 21.8 Å². The molecule has 2 amide bonds. The van der Waals surface area contributed by atoms with Crippen LogP contribution in [0.15, 0.2) is 81.1 Å². The van der Waals surface area contributed by atoms with Crippen molar-refractivity contribution >= 4 is 72.3 Å².